The number of hydrogen-bond acceptors (Lipinski definition) is 8. The molecular formula is C33H25BrCl2N2O8S. The van der Waals surface area contributed by atoms with Crippen LogP contribution in [0.25, 0.3) is 6.08 Å². The summed E-state index contributed by atoms with van der Waals surface area (Å²) in [6.07, 6.45) is 1.26. The number of urea groups is 1. The van der Waals surface area contributed by atoms with Crippen LogP contribution >= 0.6 is 39.1 Å². The van der Waals surface area contributed by atoms with Crippen LogP contribution in [0.3, 0.4) is 0 Å². The minimum Gasteiger partial charge on any atom is -0.490 e. The van der Waals surface area contributed by atoms with Crippen LogP contribution in [-0.4, -0.2) is 32.9 Å². The maximum absolute atomic E-state index is 13.5. The Balaban J connectivity index is 1.39. The van der Waals surface area contributed by atoms with Crippen molar-refractivity contribution < 1.29 is 36.5 Å². The van der Waals surface area contributed by atoms with Crippen LogP contribution in [0.1, 0.15) is 23.6 Å². The number of nitrogens with one attached hydrogen (secondary N) is 1. The highest BCUT2D eigenvalue weighted by atomic mass is 79.9. The van der Waals surface area contributed by atoms with E-state index >= 15 is 0 Å². The van der Waals surface area contributed by atoms with E-state index in [0.29, 0.717) is 21.4 Å². The second-order valence-electron chi connectivity index (χ2n) is 10.1. The molecule has 1 heterocycles. The van der Waals surface area contributed by atoms with Gasteiger partial charge in [-0.05, 0) is 102 Å². The maximum atomic E-state index is 13.5. The molecule has 0 radical (unpaired) electrons. The fourth-order valence-corrected chi connectivity index (χ4v) is 6.50. The zero-order chi connectivity index (χ0) is 33.9. The highest BCUT2D eigenvalue weighted by Gasteiger charge is 2.37. The Labute approximate surface area is 289 Å². The largest absolute Gasteiger partial charge is 0.490 e. The molecule has 4 amide bonds. The van der Waals surface area contributed by atoms with E-state index < -0.39 is 28.0 Å². The van der Waals surface area contributed by atoms with Gasteiger partial charge in [-0.2, -0.15) is 8.42 Å². The Bertz CT molecular complexity index is 2020. The van der Waals surface area contributed by atoms with Crippen molar-refractivity contribution in [1.29, 1.82) is 0 Å². The molecule has 0 aliphatic carbocycles. The summed E-state index contributed by atoms with van der Waals surface area (Å²) in [4.78, 5) is 39.9. The number of barbiturate groups is 1. The Hall–Kier alpha value is -4.36. The molecule has 4 aromatic carbocycles. The van der Waals surface area contributed by atoms with Crippen LogP contribution in [0.15, 0.2) is 93.8 Å². The summed E-state index contributed by atoms with van der Waals surface area (Å²) in [6, 6.07) is 19.2. The highest BCUT2D eigenvalue weighted by molar-refractivity contribution is 9.10. The van der Waals surface area contributed by atoms with Crippen LogP contribution in [0.4, 0.5) is 10.5 Å². The first-order valence-electron chi connectivity index (χ1n) is 13.9. The molecule has 0 bridgehead atoms. The van der Waals surface area contributed by atoms with Crippen LogP contribution in [0, 0.1) is 6.92 Å². The van der Waals surface area contributed by atoms with E-state index in [4.69, 9.17) is 36.9 Å². The lowest BCUT2D eigenvalue weighted by Gasteiger charge is -2.26. The maximum Gasteiger partial charge on any atom is 0.339 e. The average molecular weight is 760 g/mol. The molecule has 0 spiro atoms. The minimum atomic E-state index is -4.23. The van der Waals surface area contributed by atoms with Crippen molar-refractivity contribution in [2.24, 2.45) is 0 Å². The fraction of sp³-hybridized carbons (Fsp3) is 0.121. The molecule has 0 aromatic heterocycles. The molecule has 1 aliphatic heterocycles. The summed E-state index contributed by atoms with van der Waals surface area (Å²) in [5.41, 5.74) is 1.71. The third-order valence-corrected chi connectivity index (χ3v) is 9.16. The van der Waals surface area contributed by atoms with Gasteiger partial charge in [-0.3, -0.25) is 14.9 Å². The molecule has 0 atom stereocenters. The third kappa shape index (κ3) is 7.79. The average Bonchev–Trinajstić information content (AvgIpc) is 3.01. The van der Waals surface area contributed by atoms with Gasteiger partial charge < -0.3 is 13.7 Å². The van der Waals surface area contributed by atoms with Crippen LogP contribution in [0.5, 0.6) is 17.2 Å². The van der Waals surface area contributed by atoms with E-state index in [1.54, 1.807) is 49.4 Å². The number of halogens is 3. The number of ether oxygens (including phenoxy) is 2. The molecule has 1 aliphatic rings. The monoisotopic (exact) mass is 758 g/mol. The number of rotatable bonds is 10. The standard InChI is InChI=1S/C33H25BrCl2N2O8S/c1-3-44-29-16-20(15-27(34)30(29)46-47(42,43)25-12-4-19(2)5-13-25)14-26-31(39)37-33(41)38(32(26)40)23-8-10-24(11-9-23)45-18-21-6-7-22(35)17-28(21)36/h4-17H,3,18H2,1-2H3,(H,37,39,41)/b26-14+. The number of benzene rings is 4. The number of amides is 4. The third-order valence-electron chi connectivity index (χ3n) is 6.75. The van der Waals surface area contributed by atoms with Gasteiger partial charge in [-0.1, -0.05) is 47.0 Å². The number of anilines is 1. The number of hydrogen-bond donors (Lipinski definition) is 1. The van der Waals surface area contributed by atoms with Gasteiger partial charge in [0.05, 0.1) is 16.8 Å². The summed E-state index contributed by atoms with van der Waals surface area (Å²) in [7, 11) is -4.23. The normalized spacial score (nSPS) is 14.3. The highest BCUT2D eigenvalue weighted by Crippen LogP contribution is 2.39. The van der Waals surface area contributed by atoms with Crippen molar-refractivity contribution in [3.8, 4) is 17.2 Å². The van der Waals surface area contributed by atoms with Gasteiger partial charge in [0, 0.05) is 15.6 Å². The van der Waals surface area contributed by atoms with Crippen LogP contribution < -0.4 is 23.9 Å². The number of aryl methyl sites for hydroxylation is 1. The van der Waals surface area contributed by atoms with Gasteiger partial charge in [-0.25, -0.2) is 9.69 Å². The lowest BCUT2D eigenvalue weighted by molar-refractivity contribution is -0.122. The summed E-state index contributed by atoms with van der Waals surface area (Å²) in [6.45, 7) is 3.83. The van der Waals surface area contributed by atoms with Crippen LogP contribution in [0.2, 0.25) is 10.0 Å². The smallest absolute Gasteiger partial charge is 0.339 e. The fourth-order valence-electron chi connectivity index (χ4n) is 4.43. The molecule has 14 heteroatoms. The lowest BCUT2D eigenvalue weighted by Crippen LogP contribution is -2.54. The number of carbonyl (C=O) groups is 3. The van der Waals surface area contributed by atoms with Crippen molar-refractivity contribution in [3.05, 3.63) is 116 Å². The first-order chi connectivity index (χ1) is 22.4. The van der Waals surface area contributed by atoms with E-state index in [2.05, 4.69) is 21.2 Å². The van der Waals surface area contributed by atoms with Crippen molar-refractivity contribution in [3.63, 3.8) is 0 Å². The molecule has 5 rings (SSSR count). The van der Waals surface area contributed by atoms with E-state index in [1.807, 2.05) is 6.92 Å². The molecule has 47 heavy (non-hydrogen) atoms. The first kappa shape index (κ1) is 34.0. The Morgan fingerprint density at radius 3 is 2.28 bits per heavy atom. The summed E-state index contributed by atoms with van der Waals surface area (Å²) >= 11 is 15.5. The summed E-state index contributed by atoms with van der Waals surface area (Å²) < 4.78 is 43.0. The Kier molecular flexibility index (Phi) is 10.3. The van der Waals surface area contributed by atoms with Crippen molar-refractivity contribution in [2.75, 3.05) is 11.5 Å². The van der Waals surface area contributed by atoms with Gasteiger partial charge in [0.25, 0.3) is 11.8 Å². The second kappa shape index (κ2) is 14.2. The van der Waals surface area contributed by atoms with Crippen LogP contribution in [-0.2, 0) is 26.3 Å². The number of carbonyl (C=O) groups excluding carboxylic acids is 3. The SMILES string of the molecule is CCOc1cc(/C=C2\C(=O)NC(=O)N(c3ccc(OCc4ccc(Cl)cc4Cl)cc3)C2=O)cc(Br)c1OS(=O)(=O)c1ccc(C)cc1. The van der Waals surface area contributed by atoms with Gasteiger partial charge in [0.2, 0.25) is 0 Å². The Morgan fingerprint density at radius 2 is 1.62 bits per heavy atom. The molecule has 1 fully saturated rings. The van der Waals surface area contributed by atoms with Crippen molar-refractivity contribution >= 4 is 78.9 Å². The number of nitrogens with zero attached hydrogens (tertiary/aromatic N) is 1. The zero-order valence-electron chi connectivity index (χ0n) is 24.8. The van der Waals surface area contributed by atoms with E-state index in [-0.39, 0.29) is 50.9 Å². The topological polar surface area (TPSA) is 128 Å². The quantitative estimate of drug-likeness (QED) is 0.100. The summed E-state index contributed by atoms with van der Waals surface area (Å²) in [5.74, 6) is -1.43. The van der Waals surface area contributed by atoms with Gasteiger partial charge in [-0.15, -0.1) is 0 Å². The van der Waals surface area contributed by atoms with Gasteiger partial charge >= 0.3 is 16.1 Å². The summed E-state index contributed by atoms with van der Waals surface area (Å²) in [5, 5.41) is 3.12. The van der Waals surface area contributed by atoms with Gasteiger partial charge in [0.1, 0.15) is 22.8 Å². The lowest BCUT2D eigenvalue weighted by atomic mass is 10.1. The van der Waals surface area contributed by atoms with Crippen molar-refractivity contribution in [1.82, 2.24) is 5.32 Å². The second-order valence-corrected chi connectivity index (χ2v) is 13.3. The van der Waals surface area contributed by atoms with Gasteiger partial charge in [0.15, 0.2) is 11.5 Å². The van der Waals surface area contributed by atoms with Crippen molar-refractivity contribution in [2.45, 2.75) is 25.3 Å². The molecule has 1 saturated heterocycles. The van der Waals surface area contributed by atoms with E-state index in [1.165, 1.54) is 42.5 Å². The zero-order valence-corrected chi connectivity index (χ0v) is 28.7. The molecule has 0 saturated carbocycles. The molecule has 0 unspecified atom stereocenters. The molecule has 1 N–H and O–H groups in total. The molecule has 242 valence electrons. The predicted molar refractivity (Wildman–Crippen MR) is 181 cm³/mol. The first-order valence-corrected chi connectivity index (χ1v) is 16.9. The molecular weight excluding hydrogens is 735 g/mol. The Morgan fingerprint density at radius 1 is 0.915 bits per heavy atom. The minimum absolute atomic E-state index is 0.0384. The number of imide groups is 2. The molecule has 4 aromatic rings. The van der Waals surface area contributed by atoms with E-state index in [9.17, 15) is 22.8 Å². The predicted octanol–water partition coefficient (Wildman–Crippen LogP) is 7.48. The molecule has 10 nitrogen and oxygen atoms in total. The van der Waals surface area contributed by atoms with E-state index in [0.717, 1.165) is 10.5 Å².